The molecule has 0 bridgehead atoms. The summed E-state index contributed by atoms with van der Waals surface area (Å²) in [5.74, 6) is -0.0761. The summed E-state index contributed by atoms with van der Waals surface area (Å²) >= 11 is 7.49. The van der Waals surface area contributed by atoms with E-state index in [0.29, 0.717) is 30.5 Å². The highest BCUT2D eigenvalue weighted by Gasteiger charge is 2.26. The highest BCUT2D eigenvalue weighted by molar-refractivity contribution is 7.16. The molecule has 0 aliphatic carbocycles. The molecule has 0 spiro atoms. The molecule has 8 nitrogen and oxygen atoms in total. The number of thiophene rings is 1. The van der Waals surface area contributed by atoms with E-state index < -0.39 is 11.2 Å². The fourth-order valence-corrected chi connectivity index (χ4v) is 4.50. The molecule has 0 saturated heterocycles. The minimum absolute atomic E-state index is 0.00163. The second-order valence-electron chi connectivity index (χ2n) is 8.56. The Morgan fingerprint density at radius 1 is 1.28 bits per heavy atom. The molecule has 32 heavy (non-hydrogen) atoms. The minimum Gasteiger partial charge on any atom is -0.383 e. The predicted molar refractivity (Wildman–Crippen MR) is 133 cm³/mol. The number of hydrogen-bond donors (Lipinski definition) is 2. The van der Waals surface area contributed by atoms with Crippen LogP contribution in [0.15, 0.2) is 34.4 Å². The molecule has 0 unspecified atom stereocenters. The summed E-state index contributed by atoms with van der Waals surface area (Å²) in [5, 5.41) is 0. The fourth-order valence-electron chi connectivity index (χ4n) is 3.37. The number of hydrogen-bond acceptors (Lipinski definition) is 6. The van der Waals surface area contributed by atoms with Gasteiger partial charge >= 0.3 is 5.69 Å². The predicted octanol–water partition coefficient (Wildman–Crippen LogP) is 3.17. The van der Waals surface area contributed by atoms with Crippen molar-refractivity contribution in [1.82, 2.24) is 14.5 Å². The summed E-state index contributed by atoms with van der Waals surface area (Å²) < 4.78 is 2.00. The van der Waals surface area contributed by atoms with Crippen molar-refractivity contribution in [2.24, 2.45) is 11.8 Å². The van der Waals surface area contributed by atoms with E-state index in [-0.39, 0.29) is 35.8 Å². The third kappa shape index (κ3) is 6.82. The maximum atomic E-state index is 13.4. The molecule has 0 aliphatic heterocycles. The lowest BCUT2D eigenvalue weighted by molar-refractivity contribution is -0.119. The first-order chi connectivity index (χ1) is 15.0. The summed E-state index contributed by atoms with van der Waals surface area (Å²) in [7, 11) is 0. The highest BCUT2D eigenvalue weighted by Crippen LogP contribution is 2.23. The van der Waals surface area contributed by atoms with E-state index in [4.69, 9.17) is 17.3 Å². The molecule has 2 aromatic rings. The van der Waals surface area contributed by atoms with Gasteiger partial charge in [0, 0.05) is 31.1 Å². The van der Waals surface area contributed by atoms with Crippen LogP contribution in [-0.2, 0) is 17.9 Å². The molecule has 0 atom stereocenters. The van der Waals surface area contributed by atoms with Crippen LogP contribution < -0.4 is 21.9 Å². The van der Waals surface area contributed by atoms with Crippen molar-refractivity contribution in [3.8, 4) is 0 Å². The Kier molecular flexibility index (Phi) is 9.30. The summed E-state index contributed by atoms with van der Waals surface area (Å²) in [6, 6.07) is 3.74. The van der Waals surface area contributed by atoms with Crippen LogP contribution in [0.1, 0.15) is 32.6 Å². The zero-order valence-corrected chi connectivity index (χ0v) is 20.6. The van der Waals surface area contributed by atoms with Gasteiger partial charge in [-0.3, -0.25) is 24.0 Å². The van der Waals surface area contributed by atoms with Gasteiger partial charge in [0.05, 0.1) is 10.9 Å². The van der Waals surface area contributed by atoms with Crippen molar-refractivity contribution in [3.05, 3.63) is 54.8 Å². The van der Waals surface area contributed by atoms with Gasteiger partial charge < -0.3 is 10.6 Å². The van der Waals surface area contributed by atoms with Gasteiger partial charge in [-0.05, 0) is 24.0 Å². The van der Waals surface area contributed by atoms with Crippen LogP contribution in [0.3, 0.4) is 0 Å². The van der Waals surface area contributed by atoms with Gasteiger partial charge in [-0.15, -0.1) is 17.9 Å². The van der Waals surface area contributed by atoms with Gasteiger partial charge in [-0.25, -0.2) is 4.79 Å². The molecule has 0 radical (unpaired) electrons. The zero-order valence-electron chi connectivity index (χ0n) is 19.1. The molecule has 2 aromatic heterocycles. The van der Waals surface area contributed by atoms with Crippen molar-refractivity contribution >= 4 is 40.4 Å². The first-order valence-electron chi connectivity index (χ1n) is 10.5. The largest absolute Gasteiger partial charge is 0.383 e. The Labute approximate surface area is 197 Å². The Hall–Kier alpha value is -2.36. The zero-order chi connectivity index (χ0) is 24.0. The SMILES string of the molecule is C=CCN(CC(=O)N(CC(C)C)c1c(N)n(CC(C)C)c(=O)[nH]c1=O)Cc1ccc(Cl)s1. The van der Waals surface area contributed by atoms with Gasteiger partial charge in [-0.2, -0.15) is 0 Å². The van der Waals surface area contributed by atoms with E-state index in [9.17, 15) is 14.4 Å². The lowest BCUT2D eigenvalue weighted by atomic mass is 10.2. The first-order valence-corrected chi connectivity index (χ1v) is 11.7. The summed E-state index contributed by atoms with van der Waals surface area (Å²) in [5.41, 5.74) is 5.04. The van der Waals surface area contributed by atoms with E-state index in [1.54, 1.807) is 6.08 Å². The lowest BCUT2D eigenvalue weighted by Gasteiger charge is -2.29. The lowest BCUT2D eigenvalue weighted by Crippen LogP contribution is -2.46. The highest BCUT2D eigenvalue weighted by atomic mass is 35.5. The Morgan fingerprint density at radius 2 is 1.97 bits per heavy atom. The van der Waals surface area contributed by atoms with E-state index in [1.165, 1.54) is 20.8 Å². The van der Waals surface area contributed by atoms with Crippen LogP contribution in [0.25, 0.3) is 0 Å². The number of halogens is 1. The van der Waals surface area contributed by atoms with Crippen LogP contribution in [0.2, 0.25) is 4.34 Å². The average Bonchev–Trinajstić information content (AvgIpc) is 3.08. The second-order valence-corrected chi connectivity index (χ2v) is 10.4. The summed E-state index contributed by atoms with van der Waals surface area (Å²) in [4.78, 5) is 45.1. The van der Waals surface area contributed by atoms with Crippen molar-refractivity contribution < 1.29 is 4.79 Å². The number of aromatic nitrogens is 2. The number of rotatable bonds is 11. The maximum absolute atomic E-state index is 13.4. The van der Waals surface area contributed by atoms with Crippen LogP contribution in [0.4, 0.5) is 11.5 Å². The molecule has 0 saturated carbocycles. The molecule has 0 aromatic carbocycles. The number of nitrogens with one attached hydrogen (secondary N) is 1. The molecule has 0 aliphatic rings. The van der Waals surface area contributed by atoms with Crippen LogP contribution in [-0.4, -0.2) is 40.0 Å². The van der Waals surface area contributed by atoms with Gasteiger partial charge in [0.15, 0.2) is 5.69 Å². The standard InChI is InChI=1S/C22H32ClN5O3S/c1-6-9-26(12-16-7-8-17(23)32-16)13-18(29)27(10-14(2)3)19-20(24)28(11-15(4)5)22(31)25-21(19)30/h6-8,14-15H,1,9-13,24H2,2-5H3,(H,25,30,31). The number of nitrogens with two attached hydrogens (primary N) is 1. The van der Waals surface area contributed by atoms with E-state index in [2.05, 4.69) is 11.6 Å². The Balaban J connectivity index is 2.42. The van der Waals surface area contributed by atoms with Crippen molar-refractivity contribution in [3.63, 3.8) is 0 Å². The van der Waals surface area contributed by atoms with Crippen molar-refractivity contribution in [1.29, 1.82) is 0 Å². The average molecular weight is 482 g/mol. The number of carbonyl (C=O) groups is 1. The Bertz CT molecular complexity index is 1060. The third-order valence-electron chi connectivity index (χ3n) is 4.63. The van der Waals surface area contributed by atoms with E-state index in [0.717, 1.165) is 4.88 Å². The monoisotopic (exact) mass is 481 g/mol. The quantitative estimate of drug-likeness (QED) is 0.479. The fraction of sp³-hybridized carbons (Fsp3) is 0.500. The van der Waals surface area contributed by atoms with Crippen LogP contribution >= 0.6 is 22.9 Å². The summed E-state index contributed by atoms with van der Waals surface area (Å²) in [6.07, 6.45) is 1.72. The molecule has 3 N–H and O–H groups in total. The summed E-state index contributed by atoms with van der Waals surface area (Å²) in [6.45, 7) is 13.2. The van der Waals surface area contributed by atoms with Gasteiger partial charge in [0.25, 0.3) is 5.56 Å². The molecule has 1 amide bonds. The Morgan fingerprint density at radius 3 is 2.50 bits per heavy atom. The van der Waals surface area contributed by atoms with E-state index in [1.807, 2.05) is 44.7 Å². The van der Waals surface area contributed by atoms with E-state index >= 15 is 0 Å². The number of nitrogen functional groups attached to an aromatic ring is 1. The normalized spacial score (nSPS) is 11.5. The topological polar surface area (TPSA) is 104 Å². The number of aromatic amines is 1. The number of anilines is 2. The smallest absolute Gasteiger partial charge is 0.330 e. The molecular formula is C22H32ClN5O3S. The molecule has 0 fully saturated rings. The van der Waals surface area contributed by atoms with Crippen LogP contribution in [0, 0.1) is 11.8 Å². The third-order valence-corrected chi connectivity index (χ3v) is 5.85. The molecule has 10 heteroatoms. The van der Waals surface area contributed by atoms with Crippen molar-refractivity contribution in [2.45, 2.75) is 40.8 Å². The second kappa shape index (κ2) is 11.5. The van der Waals surface area contributed by atoms with Crippen molar-refractivity contribution in [2.75, 3.05) is 30.3 Å². The number of amides is 1. The van der Waals surface area contributed by atoms with Gasteiger partial charge in [-0.1, -0.05) is 45.4 Å². The van der Waals surface area contributed by atoms with Gasteiger partial charge in [0.2, 0.25) is 5.91 Å². The molecule has 176 valence electrons. The molecule has 2 rings (SSSR count). The molecular weight excluding hydrogens is 450 g/mol. The first kappa shape index (κ1) is 25.9. The number of H-pyrrole nitrogens is 1. The molecule has 2 heterocycles. The van der Waals surface area contributed by atoms with Gasteiger partial charge in [0.1, 0.15) is 5.82 Å². The maximum Gasteiger partial charge on any atom is 0.330 e. The van der Waals surface area contributed by atoms with Crippen LogP contribution in [0.5, 0.6) is 0 Å². The minimum atomic E-state index is -0.665. The number of carbonyl (C=O) groups excluding carboxylic acids is 1. The number of nitrogens with zero attached hydrogens (tertiary/aromatic N) is 3.